The van der Waals surface area contributed by atoms with Gasteiger partial charge in [0.25, 0.3) is 5.91 Å². The molecular weight excluding hydrogens is 296 g/mol. The minimum atomic E-state index is -0.212. The molecule has 0 saturated heterocycles. The second-order valence-electron chi connectivity index (χ2n) is 4.31. The molecule has 0 saturated carbocycles. The third-order valence-corrected chi connectivity index (χ3v) is 3.93. The number of aromatic nitrogens is 1. The van der Waals surface area contributed by atoms with Crippen molar-refractivity contribution in [3.63, 3.8) is 0 Å². The number of carbonyl (C=O) groups is 1. The van der Waals surface area contributed by atoms with E-state index in [1.165, 1.54) is 4.90 Å². The molecule has 1 heterocycles. The highest BCUT2D eigenvalue weighted by atomic mass is 79.9. The van der Waals surface area contributed by atoms with Crippen LogP contribution in [0.15, 0.2) is 28.7 Å². The number of nitrogens with zero attached hydrogens (tertiary/aromatic N) is 1. The second-order valence-corrected chi connectivity index (χ2v) is 5.10. The van der Waals surface area contributed by atoms with Gasteiger partial charge in [-0.1, -0.05) is 18.2 Å². The van der Waals surface area contributed by atoms with Gasteiger partial charge in [-0.15, -0.1) is 0 Å². The van der Waals surface area contributed by atoms with Gasteiger partial charge in [-0.25, -0.2) is 0 Å². The minimum absolute atomic E-state index is 0.0555. The number of halogens is 1. The van der Waals surface area contributed by atoms with E-state index in [1.54, 1.807) is 14.0 Å². The molecule has 1 amide bonds. The van der Waals surface area contributed by atoms with Crippen LogP contribution < -0.4 is 0 Å². The Morgan fingerprint density at radius 1 is 1.50 bits per heavy atom. The molecule has 1 atom stereocenters. The van der Waals surface area contributed by atoms with Crippen LogP contribution in [0, 0.1) is 0 Å². The fourth-order valence-corrected chi connectivity index (χ4v) is 2.37. The molecular formula is C13H15BrN2O2. The molecule has 4 nitrogen and oxygen atoms in total. The summed E-state index contributed by atoms with van der Waals surface area (Å²) in [5.74, 6) is -0.139. The van der Waals surface area contributed by atoms with Crippen molar-refractivity contribution in [2.75, 3.05) is 13.7 Å². The quantitative estimate of drug-likeness (QED) is 0.914. The molecule has 0 aliphatic carbocycles. The summed E-state index contributed by atoms with van der Waals surface area (Å²) < 4.78 is 0.764. The van der Waals surface area contributed by atoms with Crippen LogP contribution in [0.5, 0.6) is 0 Å². The number of carbonyl (C=O) groups excluding carboxylic acids is 1. The first kappa shape index (κ1) is 13.1. The average molecular weight is 311 g/mol. The largest absolute Gasteiger partial charge is 0.394 e. The summed E-state index contributed by atoms with van der Waals surface area (Å²) in [6.45, 7) is 1.74. The molecule has 2 aromatic rings. The summed E-state index contributed by atoms with van der Waals surface area (Å²) in [4.78, 5) is 16.9. The molecule has 1 unspecified atom stereocenters. The summed E-state index contributed by atoms with van der Waals surface area (Å²) in [5, 5.41) is 10.1. The van der Waals surface area contributed by atoms with E-state index in [2.05, 4.69) is 20.9 Å². The van der Waals surface area contributed by atoms with E-state index in [1.807, 2.05) is 24.3 Å². The normalized spacial score (nSPS) is 12.7. The molecule has 2 rings (SSSR count). The molecule has 0 spiro atoms. The van der Waals surface area contributed by atoms with Gasteiger partial charge in [0.15, 0.2) is 0 Å². The minimum Gasteiger partial charge on any atom is -0.394 e. The number of nitrogens with one attached hydrogen (secondary N) is 1. The zero-order valence-corrected chi connectivity index (χ0v) is 11.9. The van der Waals surface area contributed by atoms with E-state index < -0.39 is 0 Å². The number of aromatic amines is 1. The number of fused-ring (bicyclic) bond motifs is 1. The Morgan fingerprint density at radius 2 is 2.17 bits per heavy atom. The lowest BCUT2D eigenvalue weighted by molar-refractivity contribution is 0.0676. The Hall–Kier alpha value is -1.33. The molecule has 18 heavy (non-hydrogen) atoms. The van der Waals surface area contributed by atoms with Gasteiger partial charge in [-0.3, -0.25) is 4.79 Å². The molecule has 0 aliphatic heterocycles. The SMILES string of the molecule is CC(CO)N(C)C(=O)c1[nH]c2ccccc2c1Br. The Labute approximate surface area is 114 Å². The molecule has 0 fully saturated rings. The maximum atomic E-state index is 12.3. The van der Waals surface area contributed by atoms with E-state index in [9.17, 15) is 4.79 Å². The maximum Gasteiger partial charge on any atom is 0.271 e. The molecule has 5 heteroatoms. The van der Waals surface area contributed by atoms with E-state index >= 15 is 0 Å². The van der Waals surface area contributed by atoms with E-state index in [-0.39, 0.29) is 18.6 Å². The zero-order valence-electron chi connectivity index (χ0n) is 10.3. The predicted octanol–water partition coefficient (Wildman–Crippen LogP) is 2.38. The number of likely N-dealkylation sites (N-methyl/N-ethyl adjacent to an activating group) is 1. The van der Waals surface area contributed by atoms with Crippen LogP contribution in [0.25, 0.3) is 10.9 Å². The number of benzene rings is 1. The predicted molar refractivity (Wildman–Crippen MR) is 74.6 cm³/mol. The average Bonchev–Trinajstić information content (AvgIpc) is 2.74. The highest BCUT2D eigenvalue weighted by Crippen LogP contribution is 2.28. The number of hydrogen-bond donors (Lipinski definition) is 2. The molecule has 0 bridgehead atoms. The zero-order chi connectivity index (χ0) is 13.3. The molecule has 0 aliphatic rings. The van der Waals surface area contributed by atoms with Crippen LogP contribution in [0.4, 0.5) is 0 Å². The third kappa shape index (κ3) is 2.15. The Bertz CT molecular complexity index is 579. The first-order chi connectivity index (χ1) is 8.56. The number of para-hydroxylation sites is 1. The molecule has 1 aromatic carbocycles. The van der Waals surface area contributed by atoms with Crippen LogP contribution in [0.3, 0.4) is 0 Å². The Balaban J connectivity index is 2.42. The van der Waals surface area contributed by atoms with Crippen molar-refractivity contribution in [3.05, 3.63) is 34.4 Å². The van der Waals surface area contributed by atoms with E-state index in [4.69, 9.17) is 5.11 Å². The van der Waals surface area contributed by atoms with Gasteiger partial charge >= 0.3 is 0 Å². The van der Waals surface area contributed by atoms with Crippen molar-refractivity contribution in [1.82, 2.24) is 9.88 Å². The first-order valence-electron chi connectivity index (χ1n) is 5.70. The second kappa shape index (κ2) is 5.12. The lowest BCUT2D eigenvalue weighted by atomic mass is 10.2. The monoisotopic (exact) mass is 310 g/mol. The van der Waals surface area contributed by atoms with Gasteiger partial charge < -0.3 is 15.0 Å². The van der Waals surface area contributed by atoms with Crippen molar-refractivity contribution < 1.29 is 9.90 Å². The third-order valence-electron chi connectivity index (χ3n) is 3.10. The first-order valence-corrected chi connectivity index (χ1v) is 6.49. The smallest absolute Gasteiger partial charge is 0.271 e. The van der Waals surface area contributed by atoms with E-state index in [0.29, 0.717) is 5.69 Å². The van der Waals surface area contributed by atoms with Crippen LogP contribution in [0.2, 0.25) is 0 Å². The van der Waals surface area contributed by atoms with Gasteiger partial charge in [0.05, 0.1) is 17.1 Å². The fraction of sp³-hybridized carbons (Fsp3) is 0.308. The highest BCUT2D eigenvalue weighted by molar-refractivity contribution is 9.10. The summed E-state index contributed by atoms with van der Waals surface area (Å²) >= 11 is 3.45. The number of hydrogen-bond acceptors (Lipinski definition) is 2. The van der Waals surface area contributed by atoms with Crippen molar-refractivity contribution >= 4 is 32.7 Å². The highest BCUT2D eigenvalue weighted by Gasteiger charge is 2.22. The standard InChI is InChI=1S/C13H15BrN2O2/c1-8(7-17)16(2)13(18)12-11(14)9-5-3-4-6-10(9)15-12/h3-6,8,15,17H,7H2,1-2H3. The van der Waals surface area contributed by atoms with Crippen molar-refractivity contribution in [3.8, 4) is 0 Å². The Morgan fingerprint density at radius 3 is 2.78 bits per heavy atom. The van der Waals surface area contributed by atoms with Crippen LogP contribution >= 0.6 is 15.9 Å². The summed E-state index contributed by atoms with van der Waals surface area (Å²) in [7, 11) is 1.68. The van der Waals surface area contributed by atoms with Gasteiger partial charge in [0.2, 0.25) is 0 Å². The maximum absolute atomic E-state index is 12.3. The summed E-state index contributed by atoms with van der Waals surface area (Å²) in [6, 6.07) is 7.50. The lowest BCUT2D eigenvalue weighted by Crippen LogP contribution is -2.37. The summed E-state index contributed by atoms with van der Waals surface area (Å²) in [5.41, 5.74) is 1.43. The molecule has 96 valence electrons. The number of rotatable bonds is 3. The molecule has 1 aromatic heterocycles. The van der Waals surface area contributed by atoms with Crippen molar-refractivity contribution in [2.45, 2.75) is 13.0 Å². The van der Waals surface area contributed by atoms with Crippen LogP contribution in [0.1, 0.15) is 17.4 Å². The van der Waals surface area contributed by atoms with E-state index in [0.717, 1.165) is 15.4 Å². The number of amides is 1. The van der Waals surface area contributed by atoms with Crippen molar-refractivity contribution in [1.29, 1.82) is 0 Å². The van der Waals surface area contributed by atoms with Gasteiger partial charge in [0, 0.05) is 18.0 Å². The fourth-order valence-electron chi connectivity index (χ4n) is 1.75. The van der Waals surface area contributed by atoms with Crippen LogP contribution in [-0.2, 0) is 0 Å². The molecule has 2 N–H and O–H groups in total. The van der Waals surface area contributed by atoms with Gasteiger partial charge in [-0.2, -0.15) is 0 Å². The topological polar surface area (TPSA) is 56.3 Å². The Kier molecular flexibility index (Phi) is 3.73. The number of aliphatic hydroxyl groups excluding tert-OH is 1. The van der Waals surface area contributed by atoms with Gasteiger partial charge in [-0.05, 0) is 28.9 Å². The number of aliphatic hydroxyl groups is 1. The number of H-pyrrole nitrogens is 1. The summed E-state index contributed by atoms with van der Waals surface area (Å²) in [6.07, 6.45) is 0. The lowest BCUT2D eigenvalue weighted by Gasteiger charge is -2.22. The van der Waals surface area contributed by atoms with Gasteiger partial charge in [0.1, 0.15) is 5.69 Å². The van der Waals surface area contributed by atoms with Crippen molar-refractivity contribution in [2.24, 2.45) is 0 Å². The van der Waals surface area contributed by atoms with Crippen LogP contribution in [-0.4, -0.2) is 40.6 Å². The molecule has 0 radical (unpaired) electrons.